The van der Waals surface area contributed by atoms with Crippen molar-refractivity contribution in [3.05, 3.63) is 28.2 Å². The highest BCUT2D eigenvalue weighted by Gasteiger charge is 2.32. The molecule has 1 aromatic carbocycles. The Morgan fingerprint density at radius 3 is 2.65 bits per heavy atom. The highest BCUT2D eigenvalue weighted by Crippen LogP contribution is 2.33. The van der Waals surface area contributed by atoms with Gasteiger partial charge in [0.2, 0.25) is 10.0 Å². The normalized spacial score (nSPS) is 15.8. The fourth-order valence-electron chi connectivity index (χ4n) is 2.13. The van der Waals surface area contributed by atoms with E-state index in [1.54, 1.807) is 22.5 Å². The fraction of sp³-hybridized carbons (Fsp3) is 0.571. The maximum atomic E-state index is 12.8. The van der Waals surface area contributed by atoms with Gasteiger partial charge in [-0.2, -0.15) is 4.31 Å². The molecule has 4 nitrogen and oxygen atoms in total. The lowest BCUT2D eigenvalue weighted by Crippen LogP contribution is -2.34. The van der Waals surface area contributed by atoms with Crippen molar-refractivity contribution >= 4 is 26.0 Å². The predicted octanol–water partition coefficient (Wildman–Crippen LogP) is 2.75. The molecule has 1 aromatic rings. The van der Waals surface area contributed by atoms with Gasteiger partial charge in [0, 0.05) is 17.6 Å². The van der Waals surface area contributed by atoms with Crippen LogP contribution in [-0.2, 0) is 16.6 Å². The third-order valence-electron chi connectivity index (χ3n) is 3.43. The number of aliphatic hydroxyl groups is 1. The SMILES string of the molecule is CCCN(CC1CC1)S(=O)(=O)c1cc(CO)ccc1Br. The summed E-state index contributed by atoms with van der Waals surface area (Å²) in [6, 6.07) is 4.95. The molecule has 0 atom stereocenters. The summed E-state index contributed by atoms with van der Waals surface area (Å²) < 4.78 is 27.7. The summed E-state index contributed by atoms with van der Waals surface area (Å²) in [5.74, 6) is 0.510. The molecule has 0 aliphatic heterocycles. The number of nitrogens with zero attached hydrogens (tertiary/aromatic N) is 1. The standard InChI is InChI=1S/C14H20BrNO3S/c1-2-7-16(9-11-3-4-11)20(18,19)14-8-12(10-17)5-6-13(14)15/h5-6,8,11,17H,2-4,7,9-10H2,1H3. The Morgan fingerprint density at radius 1 is 1.40 bits per heavy atom. The van der Waals surface area contributed by atoms with Crippen molar-refractivity contribution in [3.8, 4) is 0 Å². The van der Waals surface area contributed by atoms with Crippen molar-refractivity contribution in [3.63, 3.8) is 0 Å². The van der Waals surface area contributed by atoms with Gasteiger partial charge in [-0.1, -0.05) is 13.0 Å². The molecule has 0 unspecified atom stereocenters. The highest BCUT2D eigenvalue weighted by molar-refractivity contribution is 9.10. The molecule has 0 saturated heterocycles. The quantitative estimate of drug-likeness (QED) is 0.812. The van der Waals surface area contributed by atoms with E-state index in [1.165, 1.54) is 0 Å². The Balaban J connectivity index is 2.35. The first-order valence-electron chi connectivity index (χ1n) is 6.88. The predicted molar refractivity (Wildman–Crippen MR) is 81.8 cm³/mol. The summed E-state index contributed by atoms with van der Waals surface area (Å²) in [6.45, 7) is 2.96. The zero-order chi connectivity index (χ0) is 14.8. The van der Waals surface area contributed by atoms with Gasteiger partial charge in [-0.15, -0.1) is 0 Å². The van der Waals surface area contributed by atoms with Gasteiger partial charge in [-0.05, 0) is 58.8 Å². The van der Waals surface area contributed by atoms with Crippen LogP contribution in [0.5, 0.6) is 0 Å². The van der Waals surface area contributed by atoms with E-state index in [1.807, 2.05) is 6.92 Å². The summed E-state index contributed by atoms with van der Waals surface area (Å²) in [5, 5.41) is 9.19. The Hall–Kier alpha value is -0.430. The molecule has 0 heterocycles. The van der Waals surface area contributed by atoms with Crippen molar-refractivity contribution in [1.82, 2.24) is 4.31 Å². The van der Waals surface area contributed by atoms with Crippen molar-refractivity contribution in [2.75, 3.05) is 13.1 Å². The van der Waals surface area contributed by atoms with Gasteiger partial charge in [-0.3, -0.25) is 0 Å². The van der Waals surface area contributed by atoms with E-state index < -0.39 is 10.0 Å². The number of hydrogen-bond acceptors (Lipinski definition) is 3. The van der Waals surface area contributed by atoms with E-state index in [9.17, 15) is 13.5 Å². The van der Waals surface area contributed by atoms with Crippen molar-refractivity contribution in [2.45, 2.75) is 37.7 Å². The lowest BCUT2D eigenvalue weighted by molar-refractivity contribution is 0.281. The average Bonchev–Trinajstić information content (AvgIpc) is 3.22. The Bertz CT molecular complexity index is 570. The van der Waals surface area contributed by atoms with E-state index in [4.69, 9.17) is 0 Å². The fourth-order valence-corrected chi connectivity index (χ4v) is 4.71. The van der Waals surface area contributed by atoms with Crippen LogP contribution in [0.3, 0.4) is 0 Å². The van der Waals surface area contributed by atoms with E-state index in [0.29, 0.717) is 29.0 Å². The second-order valence-corrected chi connectivity index (χ2v) is 7.99. The summed E-state index contributed by atoms with van der Waals surface area (Å²) in [6.07, 6.45) is 3.03. The van der Waals surface area contributed by atoms with Crippen molar-refractivity contribution in [1.29, 1.82) is 0 Å². The van der Waals surface area contributed by atoms with Crippen LogP contribution >= 0.6 is 15.9 Å². The van der Waals surface area contributed by atoms with Gasteiger partial charge in [0.05, 0.1) is 11.5 Å². The molecular formula is C14H20BrNO3S. The molecule has 1 saturated carbocycles. The van der Waals surface area contributed by atoms with E-state index >= 15 is 0 Å². The number of rotatable bonds is 7. The first-order chi connectivity index (χ1) is 9.48. The summed E-state index contributed by atoms with van der Waals surface area (Å²) in [7, 11) is -3.51. The number of halogens is 1. The number of sulfonamides is 1. The van der Waals surface area contributed by atoms with Gasteiger partial charge >= 0.3 is 0 Å². The van der Waals surface area contributed by atoms with Crippen LogP contribution in [0, 0.1) is 5.92 Å². The monoisotopic (exact) mass is 361 g/mol. The van der Waals surface area contributed by atoms with Gasteiger partial charge in [0.25, 0.3) is 0 Å². The maximum absolute atomic E-state index is 12.8. The second kappa shape index (κ2) is 6.56. The summed E-state index contributed by atoms with van der Waals surface area (Å²) in [4.78, 5) is 0.248. The Kier molecular flexibility index (Phi) is 5.23. The van der Waals surface area contributed by atoms with Crippen LogP contribution in [-0.4, -0.2) is 30.9 Å². The molecule has 0 bridgehead atoms. The molecule has 1 fully saturated rings. The molecule has 6 heteroatoms. The van der Waals surface area contributed by atoms with Crippen LogP contribution in [0.4, 0.5) is 0 Å². The zero-order valence-corrected chi connectivity index (χ0v) is 14.0. The van der Waals surface area contributed by atoms with E-state index in [-0.39, 0.29) is 11.5 Å². The largest absolute Gasteiger partial charge is 0.392 e. The molecule has 0 aromatic heterocycles. The Morgan fingerprint density at radius 2 is 2.10 bits per heavy atom. The van der Waals surface area contributed by atoms with E-state index in [0.717, 1.165) is 19.3 Å². The number of hydrogen-bond donors (Lipinski definition) is 1. The molecule has 0 radical (unpaired) electrons. The first kappa shape index (κ1) is 15.9. The third-order valence-corrected chi connectivity index (χ3v) is 6.29. The summed E-state index contributed by atoms with van der Waals surface area (Å²) >= 11 is 3.31. The number of aliphatic hydroxyl groups excluding tert-OH is 1. The van der Waals surface area contributed by atoms with Crippen LogP contribution in [0.2, 0.25) is 0 Å². The smallest absolute Gasteiger partial charge is 0.244 e. The second-order valence-electron chi connectivity index (χ2n) is 5.23. The van der Waals surface area contributed by atoms with Gasteiger partial charge in [0.1, 0.15) is 0 Å². The van der Waals surface area contributed by atoms with Crippen molar-refractivity contribution in [2.24, 2.45) is 5.92 Å². The van der Waals surface area contributed by atoms with Crippen molar-refractivity contribution < 1.29 is 13.5 Å². The molecule has 1 aliphatic rings. The van der Waals surface area contributed by atoms with E-state index in [2.05, 4.69) is 15.9 Å². The molecule has 1 aliphatic carbocycles. The summed E-state index contributed by atoms with van der Waals surface area (Å²) in [5.41, 5.74) is 0.606. The highest BCUT2D eigenvalue weighted by atomic mass is 79.9. The molecule has 112 valence electrons. The van der Waals surface area contributed by atoms with Gasteiger partial charge < -0.3 is 5.11 Å². The first-order valence-corrected chi connectivity index (χ1v) is 9.11. The maximum Gasteiger partial charge on any atom is 0.244 e. The zero-order valence-electron chi connectivity index (χ0n) is 11.5. The minimum absolute atomic E-state index is 0.161. The molecular weight excluding hydrogens is 342 g/mol. The minimum Gasteiger partial charge on any atom is -0.392 e. The average molecular weight is 362 g/mol. The number of benzene rings is 1. The molecule has 2 rings (SSSR count). The third kappa shape index (κ3) is 3.61. The van der Waals surface area contributed by atoms with Gasteiger partial charge in [-0.25, -0.2) is 8.42 Å². The molecule has 1 N–H and O–H groups in total. The van der Waals surface area contributed by atoms with Crippen LogP contribution in [0.1, 0.15) is 31.7 Å². The Labute approximate surface area is 129 Å². The van der Waals surface area contributed by atoms with Crippen LogP contribution < -0.4 is 0 Å². The molecule has 0 amide bonds. The minimum atomic E-state index is -3.51. The lowest BCUT2D eigenvalue weighted by Gasteiger charge is -2.22. The van der Waals surface area contributed by atoms with Crippen LogP contribution in [0.25, 0.3) is 0 Å². The molecule has 20 heavy (non-hydrogen) atoms. The van der Waals surface area contributed by atoms with Crippen LogP contribution in [0.15, 0.2) is 27.6 Å². The molecule has 0 spiro atoms. The van der Waals surface area contributed by atoms with Gasteiger partial charge in [0.15, 0.2) is 0 Å². The topological polar surface area (TPSA) is 57.6 Å². The lowest BCUT2D eigenvalue weighted by atomic mass is 10.2.